The number of carbonyl (C=O) groups is 1. The van der Waals surface area contributed by atoms with Gasteiger partial charge in [0.25, 0.3) is 15.0 Å². The molecule has 0 atom stereocenters. The Morgan fingerprint density at radius 3 is 2.48 bits per heavy atom. The summed E-state index contributed by atoms with van der Waals surface area (Å²) in [7, 11) is 2.59. The molecule has 0 spiro atoms. The highest BCUT2D eigenvalue weighted by molar-refractivity contribution is 8.13. The molecule has 118 valence electrons. The van der Waals surface area contributed by atoms with E-state index >= 15 is 0 Å². The molecule has 0 radical (unpaired) electrons. The van der Waals surface area contributed by atoms with Gasteiger partial charge in [-0.1, -0.05) is 31.4 Å². The van der Waals surface area contributed by atoms with E-state index in [0.717, 1.165) is 31.4 Å². The van der Waals surface area contributed by atoms with Gasteiger partial charge in [-0.25, -0.2) is 12.8 Å². The summed E-state index contributed by atoms with van der Waals surface area (Å²) in [6.07, 6.45) is 2.72. The molecule has 0 heterocycles. The van der Waals surface area contributed by atoms with E-state index in [-0.39, 0.29) is 10.6 Å². The molecule has 0 aliphatic rings. The Kier molecular flexibility index (Phi) is 6.43. The van der Waals surface area contributed by atoms with Crippen LogP contribution in [0.3, 0.4) is 0 Å². The van der Waals surface area contributed by atoms with Crippen molar-refractivity contribution in [3.8, 4) is 0 Å². The summed E-state index contributed by atoms with van der Waals surface area (Å²) < 4.78 is 36.6. The molecule has 0 unspecified atom stereocenters. The second kappa shape index (κ2) is 7.42. The number of rotatable bonds is 6. The molecule has 1 amide bonds. The molecule has 0 bridgehead atoms. The smallest absolute Gasteiger partial charge is 0.262 e. The first kappa shape index (κ1) is 18.2. The van der Waals surface area contributed by atoms with Crippen LogP contribution < -0.4 is 0 Å². The minimum absolute atomic E-state index is 0.354. The Hall–Kier alpha value is -0.850. The molecule has 0 aromatic heterocycles. The standard InChI is InChI=1S/C13H16Cl2FNO3S/c1-3-4-5-6-17(2)13(18)9-7-12(21(15,19)20)10(14)8-11(9)16/h7-8H,3-6H2,1-2H3. The zero-order valence-electron chi connectivity index (χ0n) is 11.7. The van der Waals surface area contributed by atoms with E-state index < -0.39 is 25.7 Å². The van der Waals surface area contributed by atoms with Gasteiger partial charge in [-0.15, -0.1) is 0 Å². The van der Waals surface area contributed by atoms with E-state index in [0.29, 0.717) is 6.54 Å². The quantitative estimate of drug-likeness (QED) is 0.577. The summed E-state index contributed by atoms with van der Waals surface area (Å²) >= 11 is 5.64. The van der Waals surface area contributed by atoms with Crippen molar-refractivity contribution in [2.75, 3.05) is 13.6 Å². The number of amides is 1. The minimum Gasteiger partial charge on any atom is -0.342 e. The number of unbranched alkanes of at least 4 members (excludes halogenated alkanes) is 2. The van der Waals surface area contributed by atoms with Crippen LogP contribution in [-0.2, 0) is 9.05 Å². The lowest BCUT2D eigenvalue weighted by Gasteiger charge is -2.18. The maximum atomic E-state index is 13.8. The van der Waals surface area contributed by atoms with Gasteiger partial charge in [0.15, 0.2) is 0 Å². The molecule has 21 heavy (non-hydrogen) atoms. The van der Waals surface area contributed by atoms with Gasteiger partial charge in [-0.3, -0.25) is 4.79 Å². The maximum absolute atomic E-state index is 13.8. The van der Waals surface area contributed by atoms with Crippen LogP contribution in [0.15, 0.2) is 17.0 Å². The third kappa shape index (κ3) is 4.83. The first-order valence-electron chi connectivity index (χ1n) is 6.37. The number of nitrogens with zero attached hydrogens (tertiary/aromatic N) is 1. The van der Waals surface area contributed by atoms with Gasteiger partial charge in [-0.05, 0) is 18.6 Å². The molecule has 0 fully saturated rings. The van der Waals surface area contributed by atoms with Gasteiger partial charge in [0, 0.05) is 24.3 Å². The third-order valence-corrected chi connectivity index (χ3v) is 4.75. The normalized spacial score (nSPS) is 11.5. The monoisotopic (exact) mass is 355 g/mol. The highest BCUT2D eigenvalue weighted by Gasteiger charge is 2.23. The average Bonchev–Trinajstić information content (AvgIpc) is 2.36. The van der Waals surface area contributed by atoms with Crippen LogP contribution in [0.5, 0.6) is 0 Å². The molecule has 1 rings (SSSR count). The molecule has 1 aromatic rings. The van der Waals surface area contributed by atoms with Gasteiger partial charge < -0.3 is 4.90 Å². The Labute approximate surface area is 133 Å². The van der Waals surface area contributed by atoms with E-state index in [2.05, 4.69) is 0 Å². The first-order chi connectivity index (χ1) is 9.68. The molecule has 4 nitrogen and oxygen atoms in total. The molecule has 0 aliphatic carbocycles. The zero-order valence-corrected chi connectivity index (χ0v) is 14.0. The summed E-state index contributed by atoms with van der Waals surface area (Å²) in [5.41, 5.74) is -0.363. The van der Waals surface area contributed by atoms with Crippen molar-refractivity contribution >= 4 is 37.2 Å². The summed E-state index contributed by atoms with van der Waals surface area (Å²) in [6, 6.07) is 1.66. The van der Waals surface area contributed by atoms with Crippen molar-refractivity contribution in [1.29, 1.82) is 0 Å². The van der Waals surface area contributed by atoms with Crippen LogP contribution in [-0.4, -0.2) is 32.8 Å². The topological polar surface area (TPSA) is 54.5 Å². The van der Waals surface area contributed by atoms with E-state index in [4.69, 9.17) is 22.3 Å². The second-order valence-corrected chi connectivity index (χ2v) is 7.58. The van der Waals surface area contributed by atoms with Crippen molar-refractivity contribution < 1.29 is 17.6 Å². The highest BCUT2D eigenvalue weighted by Crippen LogP contribution is 2.28. The lowest BCUT2D eigenvalue weighted by atomic mass is 10.1. The van der Waals surface area contributed by atoms with E-state index in [1.165, 1.54) is 11.9 Å². The lowest BCUT2D eigenvalue weighted by Crippen LogP contribution is -2.28. The lowest BCUT2D eigenvalue weighted by molar-refractivity contribution is 0.0788. The van der Waals surface area contributed by atoms with E-state index in [9.17, 15) is 17.6 Å². The fraction of sp³-hybridized carbons (Fsp3) is 0.462. The van der Waals surface area contributed by atoms with Gasteiger partial charge >= 0.3 is 0 Å². The molecule has 0 N–H and O–H groups in total. The average molecular weight is 356 g/mol. The van der Waals surface area contributed by atoms with Crippen LogP contribution in [0, 0.1) is 5.82 Å². The van der Waals surface area contributed by atoms with Crippen LogP contribution >= 0.6 is 22.3 Å². The fourth-order valence-corrected chi connectivity index (χ4v) is 3.29. The summed E-state index contributed by atoms with van der Waals surface area (Å²) in [4.78, 5) is 13.0. The third-order valence-electron chi connectivity index (χ3n) is 2.96. The Morgan fingerprint density at radius 1 is 1.33 bits per heavy atom. The van der Waals surface area contributed by atoms with Gasteiger partial charge in [0.1, 0.15) is 10.7 Å². The van der Waals surface area contributed by atoms with Crippen molar-refractivity contribution in [3.05, 3.63) is 28.5 Å². The minimum atomic E-state index is -4.15. The van der Waals surface area contributed by atoms with E-state index in [1.807, 2.05) is 6.92 Å². The van der Waals surface area contributed by atoms with Gasteiger partial charge in [0.2, 0.25) is 0 Å². The second-order valence-electron chi connectivity index (χ2n) is 4.63. The Bertz CT molecular complexity index is 635. The molecule has 8 heteroatoms. The van der Waals surface area contributed by atoms with Crippen LogP contribution in [0.1, 0.15) is 36.5 Å². The predicted octanol–water partition coefficient (Wildman–Crippen LogP) is 3.67. The molecular formula is C13H16Cl2FNO3S. The van der Waals surface area contributed by atoms with Gasteiger partial charge in [0.05, 0.1) is 10.6 Å². The number of carbonyl (C=O) groups excluding carboxylic acids is 1. The number of benzene rings is 1. The maximum Gasteiger partial charge on any atom is 0.262 e. The molecular weight excluding hydrogens is 340 g/mol. The molecule has 0 saturated carbocycles. The highest BCUT2D eigenvalue weighted by atomic mass is 35.7. The van der Waals surface area contributed by atoms with Crippen LogP contribution in [0.4, 0.5) is 4.39 Å². The Morgan fingerprint density at radius 2 is 1.95 bits per heavy atom. The van der Waals surface area contributed by atoms with Crippen molar-refractivity contribution in [1.82, 2.24) is 4.90 Å². The summed E-state index contributed by atoms with van der Waals surface area (Å²) in [5.74, 6) is -1.49. The van der Waals surface area contributed by atoms with Crippen molar-refractivity contribution in [2.45, 2.75) is 31.1 Å². The number of halogens is 3. The largest absolute Gasteiger partial charge is 0.342 e. The molecule has 0 saturated heterocycles. The van der Waals surface area contributed by atoms with Crippen molar-refractivity contribution in [2.24, 2.45) is 0 Å². The van der Waals surface area contributed by atoms with Crippen LogP contribution in [0.25, 0.3) is 0 Å². The van der Waals surface area contributed by atoms with Crippen LogP contribution in [0.2, 0.25) is 5.02 Å². The zero-order chi connectivity index (χ0) is 16.2. The molecule has 0 aliphatic heterocycles. The molecule has 1 aromatic carbocycles. The number of hydrogen-bond donors (Lipinski definition) is 0. The summed E-state index contributed by atoms with van der Waals surface area (Å²) in [6.45, 7) is 2.48. The predicted molar refractivity (Wildman–Crippen MR) is 80.9 cm³/mol. The Balaban J connectivity index is 3.10. The first-order valence-corrected chi connectivity index (χ1v) is 9.06. The SMILES string of the molecule is CCCCCN(C)C(=O)c1cc(S(=O)(=O)Cl)c(Cl)cc1F. The summed E-state index contributed by atoms with van der Waals surface area (Å²) in [5, 5.41) is -0.354. The van der Waals surface area contributed by atoms with Crippen molar-refractivity contribution in [3.63, 3.8) is 0 Å². The number of hydrogen-bond acceptors (Lipinski definition) is 3. The van der Waals surface area contributed by atoms with E-state index in [1.54, 1.807) is 0 Å². The van der Waals surface area contributed by atoms with Gasteiger partial charge in [-0.2, -0.15) is 0 Å². The fourth-order valence-electron chi connectivity index (χ4n) is 1.79.